The van der Waals surface area contributed by atoms with Crippen molar-refractivity contribution in [2.45, 2.75) is 56.5 Å². The summed E-state index contributed by atoms with van der Waals surface area (Å²) in [5.41, 5.74) is 4.24. The molecule has 1 fully saturated rings. The van der Waals surface area contributed by atoms with Crippen LogP contribution in [0.1, 0.15) is 61.3 Å². The molecule has 2 aliphatic rings. The molecule has 4 aromatic rings. The van der Waals surface area contributed by atoms with Crippen molar-refractivity contribution in [3.05, 3.63) is 75.4 Å². The zero-order valence-electron chi connectivity index (χ0n) is 20.8. The molecule has 0 unspecified atom stereocenters. The molecule has 1 aliphatic carbocycles. The number of benzene rings is 1. The van der Waals surface area contributed by atoms with E-state index >= 15 is 0 Å². The third kappa shape index (κ3) is 4.58. The fraction of sp³-hybridized carbons (Fsp3) is 0.385. The normalized spacial score (nSPS) is 20.7. The average Bonchev–Trinajstić information content (AvgIpc) is 3.70. The molecule has 0 bridgehead atoms. The highest BCUT2D eigenvalue weighted by atomic mass is 35.5. The molecule has 1 amide bonds. The van der Waals surface area contributed by atoms with Gasteiger partial charge in [-0.05, 0) is 78.8 Å². The van der Waals surface area contributed by atoms with E-state index < -0.39 is 0 Å². The number of fused-ring (bicyclic) bond motifs is 1. The number of H-pyrrole nitrogens is 1. The van der Waals surface area contributed by atoms with Crippen molar-refractivity contribution >= 4 is 17.7 Å². The van der Waals surface area contributed by atoms with Crippen molar-refractivity contribution in [1.82, 2.24) is 40.1 Å². The van der Waals surface area contributed by atoms with Crippen molar-refractivity contribution in [1.29, 1.82) is 0 Å². The van der Waals surface area contributed by atoms with Crippen LogP contribution in [0.15, 0.2) is 47.7 Å². The van der Waals surface area contributed by atoms with E-state index in [1.807, 2.05) is 29.0 Å². The maximum absolute atomic E-state index is 13.4. The summed E-state index contributed by atoms with van der Waals surface area (Å²) in [6.45, 7) is 0. The molecule has 0 radical (unpaired) electrons. The maximum atomic E-state index is 13.4. The van der Waals surface area contributed by atoms with Crippen molar-refractivity contribution < 1.29 is 9.53 Å². The molecule has 0 saturated heterocycles. The van der Waals surface area contributed by atoms with Crippen molar-refractivity contribution in [2.75, 3.05) is 7.11 Å². The highest BCUT2D eigenvalue weighted by Gasteiger charge is 2.30. The summed E-state index contributed by atoms with van der Waals surface area (Å²) in [5, 5.41) is 14.9. The summed E-state index contributed by atoms with van der Waals surface area (Å²) in [4.78, 5) is 33.1. The van der Waals surface area contributed by atoms with Crippen molar-refractivity contribution in [3.8, 4) is 16.8 Å². The predicted molar refractivity (Wildman–Crippen MR) is 139 cm³/mol. The van der Waals surface area contributed by atoms with Crippen LogP contribution in [0.3, 0.4) is 0 Å². The lowest BCUT2D eigenvalue weighted by atomic mass is 9.84. The quantitative estimate of drug-likeness (QED) is 0.398. The number of carbonyl (C=O) groups is 1. The Kier molecular flexibility index (Phi) is 6.44. The molecule has 1 saturated carbocycles. The van der Waals surface area contributed by atoms with Gasteiger partial charge in [0.15, 0.2) is 0 Å². The van der Waals surface area contributed by atoms with E-state index in [4.69, 9.17) is 16.3 Å². The monoisotopic (exact) mass is 534 g/mol. The molecule has 1 aliphatic heterocycles. The third-order valence-electron chi connectivity index (χ3n) is 7.60. The molecule has 38 heavy (non-hydrogen) atoms. The van der Waals surface area contributed by atoms with E-state index in [1.165, 1.54) is 13.4 Å². The highest BCUT2D eigenvalue weighted by Crippen LogP contribution is 2.36. The number of tetrazole rings is 1. The summed E-state index contributed by atoms with van der Waals surface area (Å²) in [5.74, 6) is 1.15. The fourth-order valence-corrected chi connectivity index (χ4v) is 5.90. The van der Waals surface area contributed by atoms with Gasteiger partial charge in [0.25, 0.3) is 5.56 Å². The molecular formula is C26H27ClN8O3. The first kappa shape index (κ1) is 24.4. The number of halogens is 1. The molecule has 12 heteroatoms. The van der Waals surface area contributed by atoms with Crippen LogP contribution in [0.4, 0.5) is 4.79 Å². The van der Waals surface area contributed by atoms with Gasteiger partial charge >= 0.3 is 6.09 Å². The van der Waals surface area contributed by atoms with Crippen LogP contribution >= 0.6 is 11.6 Å². The van der Waals surface area contributed by atoms with Crippen LogP contribution in [0.5, 0.6) is 0 Å². The minimum absolute atomic E-state index is 0.0880. The lowest BCUT2D eigenvalue weighted by Crippen LogP contribution is -2.37. The third-order valence-corrected chi connectivity index (χ3v) is 7.84. The smallest absolute Gasteiger partial charge is 0.407 e. The number of aromatic amines is 1. The second-order valence-corrected chi connectivity index (χ2v) is 10.3. The summed E-state index contributed by atoms with van der Waals surface area (Å²) >= 11 is 6.31. The molecule has 4 heterocycles. The molecule has 1 atom stereocenters. The first-order valence-electron chi connectivity index (χ1n) is 12.7. The van der Waals surface area contributed by atoms with Crippen LogP contribution in [0, 0.1) is 0 Å². The van der Waals surface area contributed by atoms with E-state index in [0.29, 0.717) is 10.9 Å². The summed E-state index contributed by atoms with van der Waals surface area (Å²) in [7, 11) is 1.38. The zero-order chi connectivity index (χ0) is 26.2. The molecule has 2 N–H and O–H groups in total. The Hall–Kier alpha value is -3.99. The number of imidazole rings is 1. The Balaban J connectivity index is 1.24. The number of aryl methyl sites for hydroxylation is 1. The second kappa shape index (κ2) is 10.1. The highest BCUT2D eigenvalue weighted by molar-refractivity contribution is 6.31. The Morgan fingerprint density at radius 3 is 2.76 bits per heavy atom. The maximum Gasteiger partial charge on any atom is 0.407 e. The number of rotatable bonds is 5. The lowest BCUT2D eigenvalue weighted by Gasteiger charge is -2.28. The molecular weight excluding hydrogens is 508 g/mol. The van der Waals surface area contributed by atoms with Crippen LogP contribution in [-0.2, 0) is 11.2 Å². The van der Waals surface area contributed by atoms with Crippen LogP contribution in [-0.4, -0.2) is 54.0 Å². The van der Waals surface area contributed by atoms with Gasteiger partial charge in [-0.1, -0.05) is 11.6 Å². The number of alkyl carbamates (subject to hydrolysis) is 1. The van der Waals surface area contributed by atoms with Gasteiger partial charge in [-0.3, -0.25) is 4.79 Å². The average molecular weight is 535 g/mol. The molecule has 11 nitrogen and oxygen atoms in total. The number of nitrogens with zero attached hydrogens (tertiary/aromatic N) is 6. The largest absolute Gasteiger partial charge is 0.453 e. The van der Waals surface area contributed by atoms with Gasteiger partial charge in [-0.25, -0.2) is 9.78 Å². The zero-order valence-corrected chi connectivity index (χ0v) is 21.6. The number of nitrogens with one attached hydrogen (secondary N) is 2. The molecule has 196 valence electrons. The van der Waals surface area contributed by atoms with E-state index in [-0.39, 0.29) is 23.7 Å². The molecule has 0 spiro atoms. The molecule has 3 aromatic heterocycles. The number of amides is 1. The number of carbonyl (C=O) groups excluding carboxylic acids is 1. The van der Waals surface area contributed by atoms with Crippen LogP contribution in [0.25, 0.3) is 16.8 Å². The fourth-order valence-electron chi connectivity index (χ4n) is 5.72. The van der Waals surface area contributed by atoms with Gasteiger partial charge in [-0.2, -0.15) is 4.68 Å². The number of methoxy groups -OCH3 is 1. The van der Waals surface area contributed by atoms with Crippen LogP contribution in [0.2, 0.25) is 5.02 Å². The van der Waals surface area contributed by atoms with Crippen molar-refractivity contribution in [2.24, 2.45) is 0 Å². The number of hydrogen-bond acceptors (Lipinski definition) is 7. The standard InChI is InChI=1S/C26H27ClN8O3/c1-38-26(37)30-18-5-2-15(3-6-18)21-13-28-25(31-21)23-9-7-19-10-16(11-24(36)35(19)23)20-12-17(27)4-8-22(20)34-14-29-32-33-34/h4,8,10-15,18,23H,2-3,5-7,9H2,1H3,(H,28,31)(H,30,37)/t15?,18?,23-/m0/s1. The second-order valence-electron chi connectivity index (χ2n) is 9.82. The first-order valence-corrected chi connectivity index (χ1v) is 13.1. The Bertz CT molecular complexity index is 1520. The SMILES string of the molecule is COC(=O)NC1CCC(c2cnc([C@@H]3CCc4cc(-c5cc(Cl)ccc5-n5cnnn5)cc(=O)n43)[nH]2)CC1. The molecule has 6 rings (SSSR count). The van der Waals surface area contributed by atoms with Gasteiger partial charge in [0, 0.05) is 46.2 Å². The topological polar surface area (TPSA) is 133 Å². The Morgan fingerprint density at radius 2 is 2.00 bits per heavy atom. The van der Waals surface area contributed by atoms with Gasteiger partial charge in [-0.15, -0.1) is 5.10 Å². The number of aromatic nitrogens is 7. The first-order chi connectivity index (χ1) is 18.5. The Morgan fingerprint density at radius 1 is 1.16 bits per heavy atom. The van der Waals surface area contributed by atoms with E-state index in [1.54, 1.807) is 16.8 Å². The van der Waals surface area contributed by atoms with E-state index in [2.05, 4.69) is 30.8 Å². The van der Waals surface area contributed by atoms with E-state index in [0.717, 1.165) is 72.6 Å². The van der Waals surface area contributed by atoms with Gasteiger partial charge in [0.05, 0.1) is 18.8 Å². The van der Waals surface area contributed by atoms with Crippen LogP contribution < -0.4 is 10.9 Å². The summed E-state index contributed by atoms with van der Waals surface area (Å²) < 4.78 is 8.11. The minimum Gasteiger partial charge on any atom is -0.453 e. The predicted octanol–water partition coefficient (Wildman–Crippen LogP) is 3.79. The summed E-state index contributed by atoms with van der Waals surface area (Å²) in [6, 6.07) is 9.11. The van der Waals surface area contributed by atoms with Gasteiger partial charge in [0.2, 0.25) is 0 Å². The number of hydrogen-bond donors (Lipinski definition) is 2. The van der Waals surface area contributed by atoms with E-state index in [9.17, 15) is 9.59 Å². The molecule has 1 aromatic carbocycles. The Labute approximate surface area is 223 Å². The van der Waals surface area contributed by atoms with Crippen molar-refractivity contribution in [3.63, 3.8) is 0 Å². The van der Waals surface area contributed by atoms with Gasteiger partial charge < -0.3 is 19.6 Å². The lowest BCUT2D eigenvalue weighted by molar-refractivity contribution is 0.162. The number of pyridine rings is 1. The minimum atomic E-state index is -0.382. The summed E-state index contributed by atoms with van der Waals surface area (Å²) in [6.07, 6.45) is 8.25. The van der Waals surface area contributed by atoms with Gasteiger partial charge in [0.1, 0.15) is 12.2 Å². The number of ether oxygens (including phenoxy) is 1.